The number of benzene rings is 2. The summed E-state index contributed by atoms with van der Waals surface area (Å²) in [5.74, 6) is -0.382. The molecule has 0 amide bonds. The largest absolute Gasteiger partial charge is 0.394 e. The van der Waals surface area contributed by atoms with Gasteiger partial charge in [-0.1, -0.05) is 43.3 Å². The minimum atomic E-state index is -3.45. The molecule has 6 atom stereocenters. The molecule has 0 aliphatic carbocycles. The molecule has 2 aliphatic heterocycles. The van der Waals surface area contributed by atoms with Crippen LogP contribution in [0.25, 0.3) is 0 Å². The first kappa shape index (κ1) is 21.4. The molecule has 7 nitrogen and oxygen atoms in total. The van der Waals surface area contributed by atoms with Gasteiger partial charge in [-0.15, -0.1) is 0 Å². The molecular weight excluding hydrogens is 408 g/mol. The minimum Gasteiger partial charge on any atom is -0.394 e. The Morgan fingerprint density at radius 2 is 1.63 bits per heavy atom. The Morgan fingerprint density at radius 3 is 2.27 bits per heavy atom. The normalized spacial score (nSPS) is 32.7. The average molecular weight is 435 g/mol. The van der Waals surface area contributed by atoms with E-state index in [1.165, 1.54) is 6.07 Å². The third kappa shape index (κ3) is 3.57. The third-order valence-corrected chi connectivity index (χ3v) is 7.96. The van der Waals surface area contributed by atoms with Gasteiger partial charge in [-0.05, 0) is 34.7 Å². The summed E-state index contributed by atoms with van der Waals surface area (Å²) in [5.41, 5.74) is 3.15. The van der Waals surface area contributed by atoms with Gasteiger partial charge >= 0.3 is 0 Å². The monoisotopic (exact) mass is 434 g/mol. The lowest BCUT2D eigenvalue weighted by Gasteiger charge is -2.40. The van der Waals surface area contributed by atoms with E-state index in [1.54, 1.807) is 12.1 Å². The van der Waals surface area contributed by atoms with Crippen LogP contribution in [0.4, 0.5) is 0 Å². The van der Waals surface area contributed by atoms with Crippen LogP contribution in [-0.4, -0.2) is 65.6 Å². The zero-order valence-electron chi connectivity index (χ0n) is 16.5. The fourth-order valence-corrected chi connectivity index (χ4v) is 6.16. The number of rotatable bonds is 4. The van der Waals surface area contributed by atoms with E-state index in [-0.39, 0.29) is 16.6 Å². The highest BCUT2D eigenvalue weighted by Gasteiger charge is 2.45. The maximum Gasteiger partial charge on any atom is 0.179 e. The van der Waals surface area contributed by atoms with Crippen LogP contribution in [0.5, 0.6) is 0 Å². The van der Waals surface area contributed by atoms with Gasteiger partial charge in [0.2, 0.25) is 0 Å². The minimum absolute atomic E-state index is 0.0358. The molecule has 4 N–H and O–H groups in total. The lowest BCUT2D eigenvalue weighted by molar-refractivity contribution is -0.231. The summed E-state index contributed by atoms with van der Waals surface area (Å²) in [5, 5.41) is 40.0. The van der Waals surface area contributed by atoms with E-state index >= 15 is 0 Å². The molecule has 0 aromatic heterocycles. The van der Waals surface area contributed by atoms with Gasteiger partial charge in [-0.2, -0.15) is 0 Å². The molecule has 0 bridgehead atoms. The predicted molar refractivity (Wildman–Crippen MR) is 109 cm³/mol. The van der Waals surface area contributed by atoms with Crippen LogP contribution in [0.3, 0.4) is 0 Å². The first-order valence-corrected chi connectivity index (χ1v) is 11.7. The van der Waals surface area contributed by atoms with Crippen LogP contribution in [0.1, 0.15) is 41.2 Å². The molecule has 0 radical (unpaired) electrons. The summed E-state index contributed by atoms with van der Waals surface area (Å²) in [6, 6.07) is 12.6. The summed E-state index contributed by atoms with van der Waals surface area (Å²) in [6.07, 6.45) is -5.49. The smallest absolute Gasteiger partial charge is 0.179 e. The van der Waals surface area contributed by atoms with Crippen LogP contribution < -0.4 is 0 Å². The van der Waals surface area contributed by atoms with Crippen molar-refractivity contribution in [2.45, 2.75) is 54.7 Å². The molecular formula is C22H26O7S. The van der Waals surface area contributed by atoms with Crippen molar-refractivity contribution in [3.63, 3.8) is 0 Å². The number of aliphatic hydroxyl groups excluding tert-OH is 4. The Labute approximate surface area is 175 Å². The van der Waals surface area contributed by atoms with Gasteiger partial charge in [0.15, 0.2) is 9.84 Å². The van der Waals surface area contributed by atoms with Gasteiger partial charge in [0.1, 0.15) is 30.5 Å². The molecule has 2 aromatic carbocycles. The summed E-state index contributed by atoms with van der Waals surface area (Å²) in [7, 11) is -3.45. The number of ether oxygens (including phenoxy) is 1. The van der Waals surface area contributed by atoms with Crippen molar-refractivity contribution in [3.05, 3.63) is 64.7 Å². The van der Waals surface area contributed by atoms with E-state index in [0.29, 0.717) is 11.1 Å². The highest BCUT2D eigenvalue weighted by Crippen LogP contribution is 2.42. The van der Waals surface area contributed by atoms with Gasteiger partial charge in [0.05, 0.1) is 17.3 Å². The first-order valence-electron chi connectivity index (χ1n) is 10.0. The van der Waals surface area contributed by atoms with E-state index in [2.05, 4.69) is 6.92 Å². The average Bonchev–Trinajstić information content (AvgIpc) is 3.02. The molecule has 6 unspecified atom stereocenters. The fraction of sp³-hybridized carbons (Fsp3) is 0.455. The Balaban J connectivity index is 1.74. The lowest BCUT2D eigenvalue weighted by atomic mass is 9.87. The lowest BCUT2D eigenvalue weighted by Crippen LogP contribution is -2.55. The number of hydrogen-bond donors (Lipinski definition) is 4. The second-order valence-corrected chi connectivity index (χ2v) is 9.98. The first-order chi connectivity index (χ1) is 14.3. The predicted octanol–water partition coefficient (Wildman–Crippen LogP) is 0.683. The summed E-state index contributed by atoms with van der Waals surface area (Å²) in [6.45, 7) is 1.53. The van der Waals surface area contributed by atoms with Gasteiger partial charge in [-0.3, -0.25) is 0 Å². The Kier molecular flexibility index (Phi) is 5.73. The van der Waals surface area contributed by atoms with Crippen molar-refractivity contribution < 1.29 is 33.6 Å². The second-order valence-electron chi connectivity index (χ2n) is 7.98. The standard InChI is InChI=1S/C22H26O7S/c1-2-12-3-5-13(6-4-12)16-11-30(27,28)18-8-7-14(9-15(16)18)22-21(26)20(25)19(24)17(10-23)29-22/h3-9,16-17,19-26H,2,10-11H2,1H3. The quantitative estimate of drug-likeness (QED) is 0.558. The summed E-state index contributed by atoms with van der Waals surface area (Å²) >= 11 is 0. The van der Waals surface area contributed by atoms with E-state index in [9.17, 15) is 28.8 Å². The van der Waals surface area contributed by atoms with Crippen LogP contribution in [0.2, 0.25) is 0 Å². The Hall–Kier alpha value is -1.81. The molecule has 2 aromatic rings. The van der Waals surface area contributed by atoms with Crippen molar-refractivity contribution in [2.75, 3.05) is 12.4 Å². The summed E-state index contributed by atoms with van der Waals surface area (Å²) in [4.78, 5) is 0.250. The van der Waals surface area contributed by atoms with Crippen LogP contribution >= 0.6 is 0 Å². The molecule has 162 valence electrons. The molecule has 2 heterocycles. The third-order valence-electron chi connectivity index (χ3n) is 6.14. The number of aryl methyl sites for hydroxylation is 1. The Bertz CT molecular complexity index is 1020. The maximum atomic E-state index is 12.7. The summed E-state index contributed by atoms with van der Waals surface area (Å²) < 4.78 is 31.1. The van der Waals surface area contributed by atoms with E-state index in [1.807, 2.05) is 24.3 Å². The number of sulfone groups is 1. The molecule has 30 heavy (non-hydrogen) atoms. The van der Waals surface area contributed by atoms with Gasteiger partial charge in [-0.25, -0.2) is 8.42 Å². The van der Waals surface area contributed by atoms with Gasteiger partial charge < -0.3 is 25.2 Å². The number of hydrogen-bond acceptors (Lipinski definition) is 7. The van der Waals surface area contributed by atoms with Crippen molar-refractivity contribution in [2.24, 2.45) is 0 Å². The molecule has 1 saturated heterocycles. The van der Waals surface area contributed by atoms with Gasteiger partial charge in [0, 0.05) is 5.92 Å². The highest BCUT2D eigenvalue weighted by molar-refractivity contribution is 7.91. The SMILES string of the molecule is CCc1ccc(C2CS(=O)(=O)c3ccc(C4OC(CO)C(O)C(O)C4O)cc32)cc1. The van der Waals surface area contributed by atoms with Crippen molar-refractivity contribution in [3.8, 4) is 0 Å². The second kappa shape index (κ2) is 8.03. The van der Waals surface area contributed by atoms with Crippen molar-refractivity contribution >= 4 is 9.84 Å². The zero-order chi connectivity index (χ0) is 21.6. The van der Waals surface area contributed by atoms with Crippen molar-refractivity contribution in [1.29, 1.82) is 0 Å². The molecule has 0 saturated carbocycles. The Morgan fingerprint density at radius 1 is 0.967 bits per heavy atom. The zero-order valence-corrected chi connectivity index (χ0v) is 17.4. The molecule has 0 spiro atoms. The molecule has 2 aliphatic rings. The molecule has 8 heteroatoms. The van der Waals surface area contributed by atoms with E-state index < -0.39 is 47.0 Å². The fourth-order valence-electron chi connectivity index (χ4n) is 4.34. The molecule has 1 fully saturated rings. The van der Waals surface area contributed by atoms with Crippen LogP contribution in [-0.2, 0) is 21.0 Å². The van der Waals surface area contributed by atoms with E-state index in [4.69, 9.17) is 4.74 Å². The van der Waals surface area contributed by atoms with Crippen LogP contribution in [0, 0.1) is 0 Å². The van der Waals surface area contributed by atoms with Gasteiger partial charge in [0.25, 0.3) is 0 Å². The molecule has 4 rings (SSSR count). The number of aliphatic hydroxyl groups is 4. The number of fused-ring (bicyclic) bond motifs is 1. The maximum absolute atomic E-state index is 12.7. The van der Waals surface area contributed by atoms with E-state index in [0.717, 1.165) is 17.5 Å². The van der Waals surface area contributed by atoms with Crippen molar-refractivity contribution in [1.82, 2.24) is 0 Å². The van der Waals surface area contributed by atoms with Crippen LogP contribution in [0.15, 0.2) is 47.4 Å². The topological polar surface area (TPSA) is 124 Å². The highest BCUT2D eigenvalue weighted by atomic mass is 32.2.